The molecular weight excluding hydrogens is 180 g/mol. The summed E-state index contributed by atoms with van der Waals surface area (Å²) in [6.07, 6.45) is 6.57. The van der Waals surface area contributed by atoms with E-state index in [2.05, 4.69) is 33.8 Å². The van der Waals surface area contributed by atoms with Crippen molar-refractivity contribution in [3.05, 3.63) is 22.8 Å². The lowest BCUT2D eigenvalue weighted by Crippen LogP contribution is -2.19. The van der Waals surface area contributed by atoms with Gasteiger partial charge in [-0.2, -0.15) is 0 Å². The lowest BCUT2D eigenvalue weighted by molar-refractivity contribution is 0.257. The van der Waals surface area contributed by atoms with Crippen LogP contribution in [0.3, 0.4) is 0 Å². The van der Waals surface area contributed by atoms with Crippen LogP contribution in [0, 0.1) is 23.2 Å². The Morgan fingerprint density at radius 1 is 1.27 bits per heavy atom. The van der Waals surface area contributed by atoms with E-state index in [0.717, 1.165) is 17.8 Å². The summed E-state index contributed by atoms with van der Waals surface area (Å²) in [5, 5.41) is 0. The van der Waals surface area contributed by atoms with Crippen molar-refractivity contribution < 1.29 is 0 Å². The second kappa shape index (κ2) is 2.78. The molecule has 0 heteroatoms. The van der Waals surface area contributed by atoms with Gasteiger partial charge in [0.15, 0.2) is 0 Å². The Balaban J connectivity index is 2.03. The molecule has 0 aliphatic heterocycles. The van der Waals surface area contributed by atoms with Crippen LogP contribution < -0.4 is 0 Å². The lowest BCUT2D eigenvalue weighted by atomic mass is 9.77. The first-order chi connectivity index (χ1) is 7.00. The highest BCUT2D eigenvalue weighted by Gasteiger charge is 2.52. The van der Waals surface area contributed by atoms with E-state index in [1.165, 1.54) is 19.3 Å². The molecule has 1 fully saturated rings. The third-order valence-corrected chi connectivity index (χ3v) is 5.20. The van der Waals surface area contributed by atoms with E-state index in [9.17, 15) is 0 Å². The predicted molar refractivity (Wildman–Crippen MR) is 64.6 cm³/mol. The van der Waals surface area contributed by atoms with Crippen LogP contribution in [-0.4, -0.2) is 0 Å². The van der Waals surface area contributed by atoms with E-state index in [4.69, 9.17) is 0 Å². The molecule has 0 saturated heterocycles. The van der Waals surface area contributed by atoms with E-state index in [1.54, 1.807) is 16.7 Å². The summed E-state index contributed by atoms with van der Waals surface area (Å²) in [5.74, 6) is 2.73. The van der Waals surface area contributed by atoms with Gasteiger partial charge in [0.25, 0.3) is 0 Å². The Morgan fingerprint density at radius 2 is 2.00 bits per heavy atom. The molecule has 3 rings (SSSR count). The molecule has 3 aliphatic carbocycles. The van der Waals surface area contributed by atoms with Crippen molar-refractivity contribution in [2.45, 2.75) is 47.0 Å². The molecule has 0 heterocycles. The van der Waals surface area contributed by atoms with Crippen LogP contribution in [0.1, 0.15) is 47.0 Å². The third-order valence-electron chi connectivity index (χ3n) is 5.20. The topological polar surface area (TPSA) is 0 Å². The van der Waals surface area contributed by atoms with Gasteiger partial charge in [-0.05, 0) is 50.4 Å². The van der Waals surface area contributed by atoms with Crippen molar-refractivity contribution in [3.63, 3.8) is 0 Å². The van der Waals surface area contributed by atoms with Gasteiger partial charge in [-0.3, -0.25) is 0 Å². The van der Waals surface area contributed by atoms with Gasteiger partial charge in [0, 0.05) is 5.92 Å². The average Bonchev–Trinajstić information content (AvgIpc) is 2.89. The molecule has 0 aromatic rings. The summed E-state index contributed by atoms with van der Waals surface area (Å²) in [6, 6.07) is 0. The third kappa shape index (κ3) is 1.26. The van der Waals surface area contributed by atoms with Gasteiger partial charge in [-0.1, -0.05) is 36.6 Å². The van der Waals surface area contributed by atoms with Crippen molar-refractivity contribution in [1.82, 2.24) is 0 Å². The van der Waals surface area contributed by atoms with Gasteiger partial charge in [0.05, 0.1) is 0 Å². The fourth-order valence-electron chi connectivity index (χ4n) is 4.00. The minimum absolute atomic E-state index is 0.567. The first kappa shape index (κ1) is 9.69. The molecule has 0 spiro atoms. The van der Waals surface area contributed by atoms with E-state index in [1.807, 2.05) is 0 Å². The fraction of sp³-hybridized carbons (Fsp3) is 0.733. The molecule has 0 unspecified atom stereocenters. The van der Waals surface area contributed by atoms with Crippen LogP contribution in [0.25, 0.3) is 0 Å². The predicted octanol–water partition coefficient (Wildman–Crippen LogP) is 4.34. The summed E-state index contributed by atoms with van der Waals surface area (Å²) in [5.41, 5.74) is 5.74. The van der Waals surface area contributed by atoms with Crippen LogP contribution in [0.15, 0.2) is 22.8 Å². The van der Waals surface area contributed by atoms with E-state index >= 15 is 0 Å². The molecule has 3 aliphatic rings. The largest absolute Gasteiger partial charge is 0.0809 e. The molecule has 0 bridgehead atoms. The van der Waals surface area contributed by atoms with Crippen LogP contribution in [0.2, 0.25) is 0 Å². The molecule has 82 valence electrons. The highest BCUT2D eigenvalue weighted by molar-refractivity contribution is 5.38. The SMILES string of the molecule is CC1=CCC2=C(C)[C@H]3C[C@H]3C(C)(C)C[C@@H]12. The molecular formula is C15H22. The van der Waals surface area contributed by atoms with E-state index in [0.29, 0.717) is 5.41 Å². The van der Waals surface area contributed by atoms with Crippen LogP contribution in [0.4, 0.5) is 0 Å². The van der Waals surface area contributed by atoms with Crippen molar-refractivity contribution >= 4 is 0 Å². The van der Waals surface area contributed by atoms with Gasteiger partial charge in [-0.25, -0.2) is 0 Å². The van der Waals surface area contributed by atoms with Gasteiger partial charge in [0.1, 0.15) is 0 Å². The lowest BCUT2D eigenvalue weighted by Gasteiger charge is -2.28. The van der Waals surface area contributed by atoms with E-state index in [-0.39, 0.29) is 0 Å². The van der Waals surface area contributed by atoms with Crippen LogP contribution in [0.5, 0.6) is 0 Å². The summed E-state index contributed by atoms with van der Waals surface area (Å²) >= 11 is 0. The Bertz CT molecular complexity index is 367. The summed E-state index contributed by atoms with van der Waals surface area (Å²) < 4.78 is 0. The minimum Gasteiger partial charge on any atom is -0.0809 e. The molecule has 0 radical (unpaired) electrons. The number of hydrogen-bond donors (Lipinski definition) is 0. The number of hydrogen-bond acceptors (Lipinski definition) is 0. The molecule has 0 N–H and O–H groups in total. The zero-order valence-electron chi connectivity index (χ0n) is 10.4. The second-order valence-corrected chi connectivity index (χ2v) is 6.55. The Morgan fingerprint density at radius 3 is 2.73 bits per heavy atom. The Hall–Kier alpha value is -0.520. The van der Waals surface area contributed by atoms with Crippen molar-refractivity contribution in [3.8, 4) is 0 Å². The van der Waals surface area contributed by atoms with Gasteiger partial charge >= 0.3 is 0 Å². The van der Waals surface area contributed by atoms with E-state index < -0.39 is 0 Å². The van der Waals surface area contributed by atoms with Gasteiger partial charge in [0.2, 0.25) is 0 Å². The smallest absolute Gasteiger partial charge is 0.00152 e. The highest BCUT2D eigenvalue weighted by atomic mass is 14.6. The van der Waals surface area contributed by atoms with Crippen molar-refractivity contribution in [2.75, 3.05) is 0 Å². The maximum atomic E-state index is 2.49. The van der Waals surface area contributed by atoms with Gasteiger partial charge < -0.3 is 0 Å². The summed E-state index contributed by atoms with van der Waals surface area (Å²) in [7, 11) is 0. The highest BCUT2D eigenvalue weighted by Crippen LogP contribution is 2.62. The average molecular weight is 202 g/mol. The van der Waals surface area contributed by atoms with Gasteiger partial charge in [-0.15, -0.1) is 0 Å². The first-order valence-electron chi connectivity index (χ1n) is 6.37. The molecule has 0 amide bonds. The standard InChI is InChI=1S/C15H22/c1-9-5-6-11-10(2)12-7-14(12)15(3,4)8-13(9)11/h5,12-14H,6-8H2,1-4H3/t12-,13+,14-/m1/s1. The molecule has 0 aromatic carbocycles. The van der Waals surface area contributed by atoms with Crippen LogP contribution >= 0.6 is 0 Å². The number of fused-ring (bicyclic) bond motifs is 2. The normalized spacial score (nSPS) is 41.9. The van der Waals surface area contributed by atoms with Crippen LogP contribution in [-0.2, 0) is 0 Å². The van der Waals surface area contributed by atoms with Crippen molar-refractivity contribution in [1.29, 1.82) is 0 Å². The monoisotopic (exact) mass is 202 g/mol. The zero-order valence-corrected chi connectivity index (χ0v) is 10.4. The summed E-state index contributed by atoms with van der Waals surface area (Å²) in [4.78, 5) is 0. The summed E-state index contributed by atoms with van der Waals surface area (Å²) in [6.45, 7) is 9.71. The Labute approximate surface area is 93.5 Å². The minimum atomic E-state index is 0.567. The zero-order chi connectivity index (χ0) is 10.8. The number of rotatable bonds is 0. The Kier molecular flexibility index (Phi) is 1.80. The van der Waals surface area contributed by atoms with Crippen molar-refractivity contribution in [2.24, 2.45) is 23.2 Å². The second-order valence-electron chi connectivity index (χ2n) is 6.55. The molecule has 1 saturated carbocycles. The fourth-order valence-corrected chi connectivity index (χ4v) is 4.00. The molecule has 0 nitrogen and oxygen atoms in total. The maximum Gasteiger partial charge on any atom is 0.00152 e. The molecule has 15 heavy (non-hydrogen) atoms. The molecule has 0 aromatic heterocycles. The molecule has 3 atom stereocenters. The first-order valence-corrected chi connectivity index (χ1v) is 6.37. The maximum absolute atomic E-state index is 2.49. The quantitative estimate of drug-likeness (QED) is 0.513. The number of allylic oxidation sites excluding steroid dienone is 4.